The van der Waals surface area contributed by atoms with Gasteiger partial charge in [0.25, 0.3) is 10.3 Å². The molecule has 0 aliphatic rings. The zero-order valence-corrected chi connectivity index (χ0v) is 28.5. The van der Waals surface area contributed by atoms with Gasteiger partial charge in [0.1, 0.15) is 11.5 Å². The molecular weight excluding hydrogens is 720 g/mol. The summed E-state index contributed by atoms with van der Waals surface area (Å²) in [6, 6.07) is 19.4. The van der Waals surface area contributed by atoms with Crippen LogP contribution in [0.25, 0.3) is 0 Å². The van der Waals surface area contributed by atoms with E-state index in [-0.39, 0.29) is 41.4 Å². The van der Waals surface area contributed by atoms with Crippen molar-refractivity contribution in [2.45, 2.75) is 0 Å². The van der Waals surface area contributed by atoms with E-state index in [2.05, 4.69) is 10.6 Å². The molecule has 0 aliphatic carbocycles. The second kappa shape index (κ2) is 17.8. The number of methoxy groups -OCH3 is 2. The van der Waals surface area contributed by atoms with Gasteiger partial charge in [-0.2, -0.15) is 0 Å². The molecule has 0 aromatic heterocycles. The third kappa shape index (κ3) is 10.8. The highest BCUT2D eigenvalue weighted by Gasteiger charge is 2.20. The molecule has 46 heavy (non-hydrogen) atoms. The van der Waals surface area contributed by atoms with Crippen LogP contribution < -0.4 is 40.5 Å². The van der Waals surface area contributed by atoms with Crippen LogP contribution in [0, 0.1) is 0 Å². The molecule has 6 N–H and O–H groups in total. The molecule has 0 saturated carbocycles. The van der Waals surface area contributed by atoms with Crippen molar-refractivity contribution < 1.29 is 39.0 Å². The summed E-state index contributed by atoms with van der Waals surface area (Å²) in [6.45, 7) is 0. The van der Waals surface area contributed by atoms with Crippen LogP contribution in [-0.2, 0) is 0 Å². The first-order valence-electron chi connectivity index (χ1n) is 12.8. The number of hydrogen-bond donors (Lipinski definition) is 6. The Morgan fingerprint density at radius 1 is 0.587 bits per heavy atom. The molecule has 0 fully saturated rings. The molecule has 0 amide bonds. The third-order valence-electron chi connectivity index (χ3n) is 5.73. The summed E-state index contributed by atoms with van der Waals surface area (Å²) in [4.78, 5) is 0. The topological polar surface area (TPSA) is 142 Å². The monoisotopic (exact) mass is 742 g/mol. The van der Waals surface area contributed by atoms with Crippen LogP contribution in [0.2, 0.25) is 20.1 Å². The van der Waals surface area contributed by atoms with Crippen LogP contribution in [0.4, 0.5) is 11.4 Å². The average molecular weight is 744 g/mol. The van der Waals surface area contributed by atoms with Crippen molar-refractivity contribution in [3.63, 3.8) is 0 Å². The molecule has 0 unspecified atom stereocenters. The lowest BCUT2D eigenvalue weighted by Gasteiger charge is -2.14. The minimum atomic E-state index is -1.73. The van der Waals surface area contributed by atoms with Crippen molar-refractivity contribution in [3.05, 3.63) is 92.9 Å². The first kappa shape index (κ1) is 37.4. The molecule has 0 heterocycles. The van der Waals surface area contributed by atoms with E-state index in [9.17, 15) is 20.1 Å². The maximum atomic E-state index is 9.28. The molecule has 4 rings (SSSR count). The SMILES string of the molecule is COc1cccc(OC(=S)Nc2cc(B(O)O)c(Cl)cc2Cl)c1.COc1ccccc1OC(=S)Nc1cc(B(O)O)c(Cl)cc1Cl. The van der Waals surface area contributed by atoms with Crippen LogP contribution in [0.5, 0.6) is 23.0 Å². The summed E-state index contributed by atoms with van der Waals surface area (Å²) >= 11 is 34.1. The van der Waals surface area contributed by atoms with Crippen LogP contribution in [-0.4, -0.2) is 58.9 Å². The molecular formula is C28H24B2Cl4N2O8S2. The summed E-state index contributed by atoms with van der Waals surface area (Å²) in [6.07, 6.45) is 0. The largest absolute Gasteiger partial charge is 0.497 e. The summed E-state index contributed by atoms with van der Waals surface area (Å²) in [5.74, 6) is 2.06. The van der Waals surface area contributed by atoms with Gasteiger partial charge in [0.15, 0.2) is 11.5 Å². The Labute approximate surface area is 296 Å². The fraction of sp³-hybridized carbons (Fsp3) is 0.0714. The van der Waals surface area contributed by atoms with Gasteiger partial charge in [-0.15, -0.1) is 0 Å². The summed E-state index contributed by atoms with van der Waals surface area (Å²) in [5.41, 5.74) is 0.868. The van der Waals surface area contributed by atoms with Crippen molar-refractivity contribution >= 4 is 118 Å². The first-order chi connectivity index (χ1) is 21.8. The lowest BCUT2D eigenvalue weighted by Crippen LogP contribution is -2.31. The van der Waals surface area contributed by atoms with Crippen molar-refractivity contribution in [1.29, 1.82) is 0 Å². The van der Waals surface area contributed by atoms with Gasteiger partial charge in [0.2, 0.25) is 0 Å². The Kier molecular flexibility index (Phi) is 14.5. The average Bonchev–Trinajstić information content (AvgIpc) is 3.00. The highest BCUT2D eigenvalue weighted by Crippen LogP contribution is 2.29. The number of halogens is 4. The number of rotatable bonds is 8. The molecule has 0 bridgehead atoms. The van der Waals surface area contributed by atoms with E-state index in [1.807, 2.05) is 0 Å². The van der Waals surface area contributed by atoms with E-state index in [0.717, 1.165) is 0 Å². The molecule has 10 nitrogen and oxygen atoms in total. The fourth-order valence-electron chi connectivity index (χ4n) is 3.56. The zero-order valence-electron chi connectivity index (χ0n) is 23.8. The highest BCUT2D eigenvalue weighted by atomic mass is 35.5. The minimum absolute atomic E-state index is 0.0112. The van der Waals surface area contributed by atoms with Crippen LogP contribution in [0.3, 0.4) is 0 Å². The second-order valence-electron chi connectivity index (χ2n) is 8.81. The third-order valence-corrected chi connectivity index (χ3v) is 7.38. The number of nitrogens with one attached hydrogen (secondary N) is 2. The number of anilines is 2. The summed E-state index contributed by atoms with van der Waals surface area (Å²) in [5, 5.41) is 43.5. The Morgan fingerprint density at radius 3 is 1.54 bits per heavy atom. The number of ether oxygens (including phenoxy) is 4. The number of benzene rings is 4. The molecule has 0 radical (unpaired) electrons. The van der Waals surface area contributed by atoms with Gasteiger partial charge in [-0.3, -0.25) is 0 Å². The van der Waals surface area contributed by atoms with Gasteiger partial charge in [-0.25, -0.2) is 0 Å². The van der Waals surface area contributed by atoms with Gasteiger partial charge in [-0.05, 0) is 73.0 Å². The number of hydrogen-bond acceptors (Lipinski definition) is 10. The van der Waals surface area contributed by atoms with Gasteiger partial charge < -0.3 is 49.7 Å². The van der Waals surface area contributed by atoms with Gasteiger partial charge >= 0.3 is 14.2 Å². The van der Waals surface area contributed by atoms with E-state index in [0.29, 0.717) is 34.4 Å². The Balaban J connectivity index is 0.000000250. The number of thiocarbonyl (C=S) groups is 2. The van der Waals surface area contributed by atoms with Crippen LogP contribution >= 0.6 is 70.8 Å². The second-order valence-corrected chi connectivity index (χ2v) is 11.2. The standard InChI is InChI=1S/2C14H12BCl2NO4S/c1-21-8-3-2-4-9(5-8)22-14(23)18-13-6-10(15(19)20)11(16)7-12(13)17;1-21-12-4-2-3-5-13(12)22-14(23)18-11-6-8(15(19)20)9(16)7-10(11)17/h2*2-7,19-20H,1H3,(H,18,23). The van der Waals surface area contributed by atoms with Crippen molar-refractivity contribution in [2.24, 2.45) is 0 Å². The Hall–Kier alpha value is -3.01. The predicted octanol–water partition coefficient (Wildman–Crippen LogP) is 4.92. The lowest BCUT2D eigenvalue weighted by atomic mass is 9.80. The van der Waals surface area contributed by atoms with E-state index in [1.165, 1.54) is 31.4 Å². The quantitative estimate of drug-likeness (QED) is 0.108. The van der Waals surface area contributed by atoms with Crippen LogP contribution in [0.15, 0.2) is 72.8 Å². The highest BCUT2D eigenvalue weighted by molar-refractivity contribution is 7.80. The smallest absolute Gasteiger partial charge is 0.490 e. The zero-order chi connectivity index (χ0) is 34.0. The van der Waals surface area contributed by atoms with E-state index in [1.54, 1.807) is 55.6 Å². The van der Waals surface area contributed by atoms with Crippen molar-refractivity contribution in [3.8, 4) is 23.0 Å². The number of para-hydroxylation sites is 2. The van der Waals surface area contributed by atoms with Gasteiger partial charge in [0.05, 0.1) is 35.6 Å². The van der Waals surface area contributed by atoms with E-state index in [4.69, 9.17) is 89.8 Å². The fourth-order valence-corrected chi connectivity index (χ4v) is 5.03. The summed E-state index contributed by atoms with van der Waals surface area (Å²) in [7, 11) is -0.397. The van der Waals surface area contributed by atoms with Crippen LogP contribution in [0.1, 0.15) is 0 Å². The predicted molar refractivity (Wildman–Crippen MR) is 192 cm³/mol. The molecule has 18 heteroatoms. The molecule has 0 aliphatic heterocycles. The van der Waals surface area contributed by atoms with Gasteiger partial charge in [0, 0.05) is 27.0 Å². The Bertz CT molecular complexity index is 1710. The molecule has 0 saturated heterocycles. The molecule has 0 spiro atoms. The first-order valence-corrected chi connectivity index (χ1v) is 15.1. The molecule has 0 atom stereocenters. The normalized spacial score (nSPS) is 10.1. The molecule has 240 valence electrons. The maximum Gasteiger partial charge on any atom is 0.490 e. The Morgan fingerprint density at radius 2 is 1.07 bits per heavy atom. The summed E-state index contributed by atoms with van der Waals surface area (Å²) < 4.78 is 21.2. The van der Waals surface area contributed by atoms with E-state index >= 15 is 0 Å². The van der Waals surface area contributed by atoms with Gasteiger partial charge in [-0.1, -0.05) is 64.6 Å². The van der Waals surface area contributed by atoms with Crippen molar-refractivity contribution in [1.82, 2.24) is 0 Å². The maximum absolute atomic E-state index is 9.28. The molecule has 4 aromatic rings. The lowest BCUT2D eigenvalue weighted by molar-refractivity contribution is 0.392. The minimum Gasteiger partial charge on any atom is -0.497 e. The van der Waals surface area contributed by atoms with E-state index < -0.39 is 14.2 Å². The van der Waals surface area contributed by atoms with Crippen molar-refractivity contribution in [2.75, 3.05) is 24.9 Å². The molecule has 4 aromatic carbocycles.